The van der Waals surface area contributed by atoms with Gasteiger partial charge in [-0.3, -0.25) is 4.79 Å². The van der Waals surface area contributed by atoms with Gasteiger partial charge in [-0.1, -0.05) is 6.07 Å². The first-order valence-electron chi connectivity index (χ1n) is 3.96. The van der Waals surface area contributed by atoms with Crippen LogP contribution >= 0.6 is 0 Å². The van der Waals surface area contributed by atoms with E-state index in [-0.39, 0.29) is 11.4 Å². The second kappa shape index (κ2) is 3.29. The highest BCUT2D eigenvalue weighted by Crippen LogP contribution is 2.14. The Hall–Kier alpha value is -2.17. The molecule has 0 aliphatic rings. The van der Waals surface area contributed by atoms with Crippen molar-refractivity contribution in [2.75, 3.05) is 0 Å². The fraction of sp³-hybridized carbons (Fsp3) is 0. The maximum absolute atomic E-state index is 10.4. The lowest BCUT2D eigenvalue weighted by Gasteiger charge is -1.96. The highest BCUT2D eigenvalue weighted by molar-refractivity contribution is 5.75. The monoisotopic (exact) mass is 189 g/mol. The number of aldehydes is 1. The van der Waals surface area contributed by atoms with Gasteiger partial charge in [-0.15, -0.1) is 0 Å². The summed E-state index contributed by atoms with van der Waals surface area (Å²) < 4.78 is 1.35. The van der Waals surface area contributed by atoms with Crippen LogP contribution in [0, 0.1) is 0 Å². The molecular weight excluding hydrogens is 182 g/mol. The third-order valence-electron chi connectivity index (χ3n) is 1.72. The zero-order chi connectivity index (χ0) is 9.97. The minimum Gasteiger partial charge on any atom is -0.504 e. The summed E-state index contributed by atoms with van der Waals surface area (Å²) in [5.41, 5.74) is 0.00986. The Labute approximate surface area is 79.6 Å². The summed E-state index contributed by atoms with van der Waals surface area (Å²) in [6.07, 6.45) is 3.44. The van der Waals surface area contributed by atoms with E-state index in [4.69, 9.17) is 0 Å². The molecule has 0 fully saturated rings. The molecule has 0 aliphatic heterocycles. The van der Waals surface area contributed by atoms with Crippen LogP contribution in [-0.2, 0) is 0 Å². The maximum atomic E-state index is 10.4. The average molecular weight is 189 g/mol. The third-order valence-corrected chi connectivity index (χ3v) is 1.72. The topological polar surface area (TPSA) is 68.0 Å². The smallest absolute Gasteiger partial charge is 0.174 e. The van der Waals surface area contributed by atoms with Crippen LogP contribution in [0.15, 0.2) is 30.6 Å². The van der Waals surface area contributed by atoms with Gasteiger partial charge < -0.3 is 5.11 Å². The molecule has 0 saturated carbocycles. The van der Waals surface area contributed by atoms with Crippen molar-refractivity contribution in [3.8, 4) is 11.6 Å². The highest BCUT2D eigenvalue weighted by Gasteiger charge is 2.07. The van der Waals surface area contributed by atoms with Crippen LogP contribution in [-0.4, -0.2) is 26.2 Å². The molecule has 0 unspecified atom stereocenters. The number of nitrogens with zero attached hydrogens (tertiary/aromatic N) is 3. The van der Waals surface area contributed by atoms with E-state index in [2.05, 4.69) is 10.1 Å². The molecule has 0 aliphatic carbocycles. The largest absolute Gasteiger partial charge is 0.504 e. The summed E-state index contributed by atoms with van der Waals surface area (Å²) >= 11 is 0. The molecule has 5 nitrogen and oxygen atoms in total. The van der Waals surface area contributed by atoms with Gasteiger partial charge in [0.05, 0.1) is 6.20 Å². The van der Waals surface area contributed by atoms with Gasteiger partial charge >= 0.3 is 0 Å². The first-order valence-corrected chi connectivity index (χ1v) is 3.96. The van der Waals surface area contributed by atoms with Crippen LogP contribution in [0.4, 0.5) is 0 Å². The van der Waals surface area contributed by atoms with Crippen molar-refractivity contribution in [2.24, 2.45) is 0 Å². The molecule has 2 aromatic heterocycles. The molecule has 2 aromatic rings. The molecule has 0 aromatic carbocycles. The van der Waals surface area contributed by atoms with Crippen molar-refractivity contribution in [3.05, 3.63) is 36.3 Å². The van der Waals surface area contributed by atoms with Crippen molar-refractivity contribution in [1.29, 1.82) is 0 Å². The van der Waals surface area contributed by atoms with Gasteiger partial charge in [-0.2, -0.15) is 5.10 Å². The number of pyridine rings is 1. The number of carbonyl (C=O) groups excluding carboxylic acids is 1. The lowest BCUT2D eigenvalue weighted by molar-refractivity contribution is 0.111. The molecule has 0 bridgehead atoms. The van der Waals surface area contributed by atoms with E-state index in [1.165, 1.54) is 10.9 Å². The van der Waals surface area contributed by atoms with E-state index in [1.807, 2.05) is 0 Å². The summed E-state index contributed by atoms with van der Waals surface area (Å²) in [6, 6.07) is 5.29. The van der Waals surface area contributed by atoms with Gasteiger partial charge in [0.15, 0.2) is 23.5 Å². The first kappa shape index (κ1) is 8.43. The molecule has 2 rings (SSSR count). The summed E-state index contributed by atoms with van der Waals surface area (Å²) in [6.45, 7) is 0. The van der Waals surface area contributed by atoms with Gasteiger partial charge in [-0.05, 0) is 12.1 Å². The minimum absolute atomic E-state index is 0.00986. The molecule has 5 heteroatoms. The van der Waals surface area contributed by atoms with E-state index < -0.39 is 0 Å². The van der Waals surface area contributed by atoms with Gasteiger partial charge in [-0.25, -0.2) is 9.67 Å². The van der Waals surface area contributed by atoms with E-state index >= 15 is 0 Å². The van der Waals surface area contributed by atoms with Crippen LogP contribution in [0.3, 0.4) is 0 Å². The lowest BCUT2D eigenvalue weighted by Crippen LogP contribution is -1.97. The predicted molar refractivity (Wildman–Crippen MR) is 48.4 cm³/mol. The zero-order valence-electron chi connectivity index (χ0n) is 7.16. The van der Waals surface area contributed by atoms with Crippen molar-refractivity contribution in [2.45, 2.75) is 0 Å². The molecular formula is C9H7N3O2. The number of hydrogen-bond acceptors (Lipinski definition) is 4. The van der Waals surface area contributed by atoms with Crippen molar-refractivity contribution < 1.29 is 9.90 Å². The first-order chi connectivity index (χ1) is 6.81. The van der Waals surface area contributed by atoms with Crippen molar-refractivity contribution in [3.63, 3.8) is 0 Å². The van der Waals surface area contributed by atoms with Crippen LogP contribution in [0.25, 0.3) is 5.82 Å². The second-order valence-corrected chi connectivity index (χ2v) is 2.65. The molecule has 14 heavy (non-hydrogen) atoms. The Kier molecular flexibility index (Phi) is 1.98. The number of rotatable bonds is 2. The van der Waals surface area contributed by atoms with Crippen LogP contribution in [0.2, 0.25) is 0 Å². The van der Waals surface area contributed by atoms with E-state index in [0.29, 0.717) is 12.1 Å². The Bertz CT molecular complexity index is 450. The molecule has 0 saturated heterocycles. The van der Waals surface area contributed by atoms with Gasteiger partial charge in [0.1, 0.15) is 0 Å². The Morgan fingerprint density at radius 3 is 2.86 bits per heavy atom. The van der Waals surface area contributed by atoms with Crippen LogP contribution in [0.1, 0.15) is 10.5 Å². The number of aromatic hydroxyl groups is 1. The van der Waals surface area contributed by atoms with E-state index in [9.17, 15) is 9.90 Å². The fourth-order valence-corrected chi connectivity index (χ4v) is 1.07. The van der Waals surface area contributed by atoms with Crippen molar-refractivity contribution >= 4 is 6.29 Å². The SMILES string of the molecule is O=Cc1nn(-c2ccccn2)cc1O. The molecule has 0 spiro atoms. The third kappa shape index (κ3) is 1.35. The Morgan fingerprint density at radius 2 is 2.29 bits per heavy atom. The maximum Gasteiger partial charge on any atom is 0.174 e. The van der Waals surface area contributed by atoms with Crippen molar-refractivity contribution in [1.82, 2.24) is 14.8 Å². The number of hydrogen-bond donors (Lipinski definition) is 1. The van der Waals surface area contributed by atoms with Crippen LogP contribution in [0.5, 0.6) is 5.75 Å². The highest BCUT2D eigenvalue weighted by atomic mass is 16.3. The average Bonchev–Trinajstić information content (AvgIpc) is 2.61. The quantitative estimate of drug-likeness (QED) is 0.709. The summed E-state index contributed by atoms with van der Waals surface area (Å²) in [4.78, 5) is 14.4. The lowest BCUT2D eigenvalue weighted by atomic mass is 10.4. The van der Waals surface area contributed by atoms with Gasteiger partial charge in [0.25, 0.3) is 0 Å². The molecule has 0 amide bonds. The minimum atomic E-state index is -0.148. The fourth-order valence-electron chi connectivity index (χ4n) is 1.07. The number of carbonyl (C=O) groups is 1. The van der Waals surface area contributed by atoms with E-state index in [0.717, 1.165) is 0 Å². The van der Waals surface area contributed by atoms with Crippen LogP contribution < -0.4 is 0 Å². The molecule has 0 radical (unpaired) electrons. The molecule has 0 atom stereocenters. The second-order valence-electron chi connectivity index (χ2n) is 2.65. The molecule has 1 N–H and O–H groups in total. The van der Waals surface area contributed by atoms with Gasteiger partial charge in [0.2, 0.25) is 0 Å². The predicted octanol–water partition coefficient (Wildman–Crippen LogP) is 0.785. The van der Waals surface area contributed by atoms with E-state index in [1.54, 1.807) is 24.4 Å². The number of aromatic nitrogens is 3. The van der Waals surface area contributed by atoms with Gasteiger partial charge in [0, 0.05) is 6.20 Å². The standard InChI is InChI=1S/C9H7N3O2/c13-6-7-8(14)5-12(11-7)9-3-1-2-4-10-9/h1-6,14H. The Morgan fingerprint density at radius 1 is 1.43 bits per heavy atom. The molecule has 2 heterocycles. The normalized spacial score (nSPS) is 10.0. The summed E-state index contributed by atoms with van der Waals surface area (Å²) in [5, 5.41) is 13.1. The molecule has 70 valence electrons. The zero-order valence-corrected chi connectivity index (χ0v) is 7.16. The summed E-state index contributed by atoms with van der Waals surface area (Å²) in [7, 11) is 0. The Balaban J connectivity index is 2.48. The summed E-state index contributed by atoms with van der Waals surface area (Å²) in [5.74, 6) is 0.404.